The standard InChI is InChI=1S/C59H69N13O8/c60-23-11-9-21-46-53(74)66-47(22-10-12-24-61)54(75)68-48(25-34-29-62-42-17-5-1-13-38(34)42)55(76)69-49(26-35-30-63-43-18-6-2-14-39(35)43)56(77)70-50(27-36-31-64-44-19-7-3-15-40(36)44)57(78)71-51(58(79)72-52(33-73)59(80)67-46)28-37-32-65-45-20-8-4-16-41(37)45/h1-8,13-20,29-32,46-52,62-65,73H,9-12,21-28,33,60-61H2,(H,66,74)(H,67,80)(H,68,75)(H,69,76)(H,70,77)(H,71,78)(H,72,79)/t46-,47-,48-,49-,50-,51-,52-/m0/s1. The van der Waals surface area contributed by atoms with Gasteiger partial charge in [0.1, 0.15) is 42.3 Å². The number of nitrogens with two attached hydrogens (primary N) is 2. The molecule has 7 amide bonds. The van der Waals surface area contributed by atoms with E-state index in [2.05, 4.69) is 57.2 Å². The average Bonchev–Trinajstić information content (AvgIpc) is 4.30. The van der Waals surface area contributed by atoms with Crippen molar-refractivity contribution in [2.24, 2.45) is 11.5 Å². The van der Waals surface area contributed by atoms with Crippen molar-refractivity contribution in [2.45, 2.75) is 107 Å². The van der Waals surface area contributed by atoms with E-state index in [0.29, 0.717) is 54.5 Å². The smallest absolute Gasteiger partial charge is 0.245 e. The van der Waals surface area contributed by atoms with E-state index >= 15 is 14.4 Å². The first-order valence-corrected chi connectivity index (χ1v) is 27.2. The lowest BCUT2D eigenvalue weighted by Crippen LogP contribution is -2.61. The number of carbonyl (C=O) groups is 7. The molecule has 16 N–H and O–H groups in total. The number of amides is 7. The highest BCUT2D eigenvalue weighted by Gasteiger charge is 2.37. The number of aliphatic hydroxyl groups excluding tert-OH is 1. The Labute approximate surface area is 460 Å². The van der Waals surface area contributed by atoms with Gasteiger partial charge in [-0.15, -0.1) is 0 Å². The van der Waals surface area contributed by atoms with Crippen LogP contribution in [-0.4, -0.2) is 128 Å². The van der Waals surface area contributed by atoms with Crippen molar-refractivity contribution < 1.29 is 38.7 Å². The van der Waals surface area contributed by atoms with Crippen LogP contribution in [-0.2, 0) is 59.2 Å². The van der Waals surface area contributed by atoms with Crippen molar-refractivity contribution in [1.29, 1.82) is 0 Å². The van der Waals surface area contributed by atoms with Crippen LogP contribution < -0.4 is 48.7 Å². The van der Waals surface area contributed by atoms with Gasteiger partial charge in [0.2, 0.25) is 41.4 Å². The monoisotopic (exact) mass is 1090 g/mol. The Morgan fingerprint density at radius 1 is 0.325 bits per heavy atom. The molecular weight excluding hydrogens is 1020 g/mol. The van der Waals surface area contributed by atoms with Gasteiger partial charge in [-0.1, -0.05) is 72.8 Å². The molecule has 21 nitrogen and oxygen atoms in total. The summed E-state index contributed by atoms with van der Waals surface area (Å²) in [6.45, 7) is -0.313. The molecule has 0 bridgehead atoms. The summed E-state index contributed by atoms with van der Waals surface area (Å²) in [7, 11) is 0. The lowest BCUT2D eigenvalue weighted by Gasteiger charge is -2.27. The number of para-hydroxylation sites is 4. The first-order chi connectivity index (χ1) is 38.9. The minimum atomic E-state index is -1.62. The maximum atomic E-state index is 15.3. The maximum absolute atomic E-state index is 15.3. The number of hydrogen-bond acceptors (Lipinski definition) is 10. The molecule has 418 valence electrons. The summed E-state index contributed by atoms with van der Waals surface area (Å²) in [5, 5.41) is 33.7. The number of aliphatic hydroxyl groups is 1. The quantitative estimate of drug-likeness (QED) is 0.0591. The molecule has 0 radical (unpaired) electrons. The Bertz CT molecular complexity index is 3490. The molecular formula is C59H69N13O8. The Morgan fingerprint density at radius 3 is 0.838 bits per heavy atom. The zero-order valence-corrected chi connectivity index (χ0v) is 44.2. The van der Waals surface area contributed by atoms with Crippen LogP contribution >= 0.6 is 0 Å². The highest BCUT2D eigenvalue weighted by Crippen LogP contribution is 2.24. The van der Waals surface area contributed by atoms with E-state index in [9.17, 15) is 24.3 Å². The van der Waals surface area contributed by atoms with Crippen molar-refractivity contribution in [3.05, 3.63) is 144 Å². The summed E-state index contributed by atoms with van der Waals surface area (Å²) >= 11 is 0. The van der Waals surface area contributed by atoms with Crippen LogP contribution in [0.4, 0.5) is 0 Å². The number of benzene rings is 4. The van der Waals surface area contributed by atoms with Crippen LogP contribution in [0.25, 0.3) is 43.6 Å². The third-order valence-electron chi connectivity index (χ3n) is 14.9. The highest BCUT2D eigenvalue weighted by molar-refractivity contribution is 6.00. The van der Waals surface area contributed by atoms with E-state index in [1.54, 1.807) is 24.8 Å². The maximum Gasteiger partial charge on any atom is 0.245 e. The van der Waals surface area contributed by atoms with E-state index < -0.39 is 90.3 Å². The van der Waals surface area contributed by atoms with Crippen LogP contribution in [0.5, 0.6) is 0 Å². The molecule has 4 aromatic heterocycles. The van der Waals surface area contributed by atoms with E-state index in [-0.39, 0.29) is 45.1 Å². The number of hydrogen-bond donors (Lipinski definition) is 14. The predicted octanol–water partition coefficient (Wildman–Crippen LogP) is 2.54. The molecule has 80 heavy (non-hydrogen) atoms. The van der Waals surface area contributed by atoms with E-state index in [0.717, 1.165) is 43.6 Å². The lowest BCUT2D eigenvalue weighted by molar-refractivity contribution is -0.136. The van der Waals surface area contributed by atoms with Gasteiger partial charge in [-0.3, -0.25) is 33.6 Å². The summed E-state index contributed by atoms with van der Waals surface area (Å²) in [6, 6.07) is 20.1. The molecule has 0 spiro atoms. The molecule has 7 atom stereocenters. The van der Waals surface area contributed by atoms with E-state index in [1.807, 2.05) is 97.1 Å². The molecule has 1 aliphatic rings. The Morgan fingerprint density at radius 2 is 0.562 bits per heavy atom. The van der Waals surface area contributed by atoms with Crippen LogP contribution in [0.3, 0.4) is 0 Å². The fourth-order valence-corrected chi connectivity index (χ4v) is 10.5. The fraction of sp³-hybridized carbons (Fsp3) is 0.339. The zero-order valence-electron chi connectivity index (χ0n) is 44.2. The van der Waals surface area contributed by atoms with Crippen molar-refractivity contribution in [1.82, 2.24) is 57.2 Å². The molecule has 0 unspecified atom stereocenters. The minimum absolute atomic E-state index is 0.0583. The van der Waals surface area contributed by atoms with Gasteiger partial charge in [0.05, 0.1) is 6.61 Å². The third-order valence-corrected chi connectivity index (χ3v) is 14.9. The molecule has 9 rings (SSSR count). The largest absolute Gasteiger partial charge is 0.394 e. The van der Waals surface area contributed by atoms with Crippen LogP contribution in [0.1, 0.15) is 60.8 Å². The number of unbranched alkanes of at least 4 members (excludes halogenated alkanes) is 2. The van der Waals surface area contributed by atoms with Gasteiger partial charge in [-0.2, -0.15) is 0 Å². The summed E-state index contributed by atoms with van der Waals surface area (Å²) in [6.07, 6.45) is 8.54. The molecule has 5 heterocycles. The van der Waals surface area contributed by atoms with Crippen molar-refractivity contribution in [2.75, 3.05) is 19.7 Å². The number of nitrogens with one attached hydrogen (secondary N) is 11. The molecule has 0 aliphatic carbocycles. The van der Waals surface area contributed by atoms with Gasteiger partial charge in [-0.25, -0.2) is 0 Å². The van der Waals surface area contributed by atoms with Gasteiger partial charge in [0.25, 0.3) is 0 Å². The Hall–Kier alpha value is -8.79. The van der Waals surface area contributed by atoms with E-state index in [4.69, 9.17) is 11.5 Å². The molecule has 1 aliphatic heterocycles. The SMILES string of the molecule is NCCCC[C@@H]1NC(=O)[C@H](CO)NC(=O)[C@H](Cc2c[nH]c3ccccc23)NC(=O)[C@H](Cc2c[nH]c3ccccc23)NC(=O)[C@H](Cc2c[nH]c3ccccc23)NC(=O)[C@H](Cc2c[nH]c3ccccc23)NC(=O)[C@H](CCCCN)NC1=O. The summed E-state index contributed by atoms with van der Waals surface area (Å²) < 4.78 is 0. The zero-order chi connectivity index (χ0) is 56.1. The van der Waals surface area contributed by atoms with Gasteiger partial charge in [0.15, 0.2) is 0 Å². The number of fused-ring (bicyclic) bond motifs is 4. The second-order valence-corrected chi connectivity index (χ2v) is 20.4. The second-order valence-electron chi connectivity index (χ2n) is 20.4. The number of carbonyl (C=O) groups excluding carboxylic acids is 7. The van der Waals surface area contributed by atoms with Crippen LogP contribution in [0, 0.1) is 0 Å². The molecule has 1 fully saturated rings. The van der Waals surface area contributed by atoms with Gasteiger partial charge in [-0.05, 0) is 98.1 Å². The Balaban J connectivity index is 1.15. The van der Waals surface area contributed by atoms with Gasteiger partial charge >= 0.3 is 0 Å². The lowest BCUT2D eigenvalue weighted by atomic mass is 9.99. The first-order valence-electron chi connectivity index (χ1n) is 27.2. The number of aromatic nitrogens is 4. The molecule has 1 saturated heterocycles. The second kappa shape index (κ2) is 26.2. The molecule has 8 aromatic rings. The summed E-state index contributed by atoms with van der Waals surface area (Å²) in [5.74, 6) is -5.50. The number of aromatic amines is 4. The summed E-state index contributed by atoms with van der Waals surface area (Å²) in [5.41, 5.74) is 17.5. The van der Waals surface area contributed by atoms with Crippen molar-refractivity contribution >= 4 is 85.0 Å². The first kappa shape index (κ1) is 55.9. The third kappa shape index (κ3) is 13.4. The molecule has 21 heteroatoms. The Kier molecular flexibility index (Phi) is 18.4. The van der Waals surface area contributed by atoms with Crippen LogP contribution in [0.15, 0.2) is 122 Å². The van der Waals surface area contributed by atoms with Gasteiger partial charge < -0.3 is 73.7 Å². The van der Waals surface area contributed by atoms with E-state index in [1.165, 1.54) is 0 Å². The molecule has 0 saturated carbocycles. The van der Waals surface area contributed by atoms with Crippen molar-refractivity contribution in [3.8, 4) is 0 Å². The predicted molar refractivity (Wildman–Crippen MR) is 304 cm³/mol. The highest BCUT2D eigenvalue weighted by atomic mass is 16.3. The number of H-pyrrole nitrogens is 4. The topological polar surface area (TPSA) is 339 Å². The average molecular weight is 1090 g/mol. The van der Waals surface area contributed by atoms with Gasteiger partial charge in [0, 0.05) is 94.1 Å². The number of rotatable bonds is 17. The van der Waals surface area contributed by atoms with Crippen molar-refractivity contribution in [3.63, 3.8) is 0 Å². The summed E-state index contributed by atoms with van der Waals surface area (Å²) in [4.78, 5) is 117. The normalized spacial score (nSPS) is 21.3. The minimum Gasteiger partial charge on any atom is -0.394 e. The van der Waals surface area contributed by atoms with Crippen LogP contribution in [0.2, 0.25) is 0 Å². The fourth-order valence-electron chi connectivity index (χ4n) is 10.5. The molecule has 4 aromatic carbocycles.